The summed E-state index contributed by atoms with van der Waals surface area (Å²) in [6, 6.07) is 68.6. The second-order valence-electron chi connectivity index (χ2n) is 14.0. The monoisotopic (exact) mass is 732 g/mol. The van der Waals surface area contributed by atoms with Crippen molar-refractivity contribution in [3.8, 4) is 62.1 Å². The second-order valence-corrected chi connectivity index (χ2v) is 15.1. The largest absolute Gasteiger partial charge is 0.309 e. The fourth-order valence-corrected chi connectivity index (χ4v) is 9.14. The van der Waals surface area contributed by atoms with E-state index in [1.807, 2.05) is 29.5 Å². The van der Waals surface area contributed by atoms with E-state index >= 15 is 0 Å². The Kier molecular flexibility index (Phi) is 7.64. The molecule has 0 atom stereocenters. The molecule has 8 aromatic carbocycles. The van der Waals surface area contributed by atoms with E-state index in [1.165, 1.54) is 30.9 Å². The first kappa shape index (κ1) is 32.2. The van der Waals surface area contributed by atoms with Gasteiger partial charge in [-0.2, -0.15) is 0 Å². The molecule has 0 aliphatic carbocycles. The lowest BCUT2D eigenvalue weighted by Gasteiger charge is -2.16. The average molecular weight is 733 g/mol. The maximum absolute atomic E-state index is 5.23. The first-order valence-electron chi connectivity index (χ1n) is 18.8. The van der Waals surface area contributed by atoms with Crippen LogP contribution in [0.5, 0.6) is 0 Å². The Hall–Kier alpha value is -7.21. The molecule has 0 bridgehead atoms. The summed E-state index contributed by atoms with van der Waals surface area (Å²) in [5.74, 6) is 1.88. The van der Waals surface area contributed by atoms with Gasteiger partial charge in [0.1, 0.15) is 0 Å². The van der Waals surface area contributed by atoms with E-state index in [-0.39, 0.29) is 0 Å². The molecule has 3 aromatic heterocycles. The Morgan fingerprint density at radius 3 is 1.54 bits per heavy atom. The maximum atomic E-state index is 5.23. The van der Waals surface area contributed by atoms with Gasteiger partial charge in [-0.05, 0) is 53.1 Å². The van der Waals surface area contributed by atoms with Gasteiger partial charge in [-0.1, -0.05) is 158 Å². The molecule has 0 spiro atoms. The first-order chi connectivity index (χ1) is 27.7. The molecule has 0 aliphatic rings. The molecule has 4 nitrogen and oxygen atoms in total. The lowest BCUT2D eigenvalue weighted by molar-refractivity contribution is 1.07. The highest BCUT2D eigenvalue weighted by Gasteiger charge is 2.19. The minimum Gasteiger partial charge on any atom is -0.309 e. The van der Waals surface area contributed by atoms with Crippen LogP contribution in [-0.2, 0) is 0 Å². The lowest BCUT2D eigenvalue weighted by Crippen LogP contribution is -2.02. The molecule has 0 unspecified atom stereocenters. The molecule has 262 valence electrons. The number of hydrogen-bond donors (Lipinski definition) is 0. The predicted octanol–water partition coefficient (Wildman–Crippen LogP) is 13.7. The second kappa shape index (κ2) is 13.3. The molecule has 0 saturated carbocycles. The summed E-state index contributed by atoms with van der Waals surface area (Å²) in [5.41, 5.74) is 10.7. The number of fused-ring (bicyclic) bond motifs is 6. The maximum Gasteiger partial charge on any atom is 0.164 e. The van der Waals surface area contributed by atoms with Gasteiger partial charge in [-0.3, -0.25) is 0 Å². The van der Waals surface area contributed by atoms with Crippen molar-refractivity contribution in [2.45, 2.75) is 0 Å². The van der Waals surface area contributed by atoms with E-state index in [4.69, 9.17) is 15.0 Å². The minimum atomic E-state index is 0.618. The van der Waals surface area contributed by atoms with Crippen LogP contribution in [0, 0.1) is 0 Å². The standard InChI is InChI=1S/C51H32N4S/c1-3-14-33(15-4-1)39-28-27-38(31-46(39)55-44-23-10-7-20-40(44)41-21-8-11-24-45(41)55)51-53-49(34-16-5-2-6-17-34)52-50(54-51)37-19-13-18-35(30-37)36-26-29-43-42-22-9-12-25-47(42)56-48(43)32-36/h1-32H. The normalized spacial score (nSPS) is 11.6. The number of thiophene rings is 1. The average Bonchev–Trinajstić information content (AvgIpc) is 3.82. The molecule has 5 heteroatoms. The zero-order chi connectivity index (χ0) is 37.0. The molecule has 3 heterocycles. The van der Waals surface area contributed by atoms with E-state index in [0.717, 1.165) is 55.7 Å². The van der Waals surface area contributed by atoms with Crippen molar-refractivity contribution in [2.24, 2.45) is 0 Å². The van der Waals surface area contributed by atoms with Gasteiger partial charge in [0.15, 0.2) is 17.5 Å². The Morgan fingerprint density at radius 1 is 0.321 bits per heavy atom. The fraction of sp³-hybridized carbons (Fsp3) is 0. The fourth-order valence-electron chi connectivity index (χ4n) is 7.99. The zero-order valence-corrected chi connectivity index (χ0v) is 31.0. The van der Waals surface area contributed by atoms with Crippen LogP contribution in [0.3, 0.4) is 0 Å². The molecule has 11 aromatic rings. The van der Waals surface area contributed by atoms with E-state index in [1.54, 1.807) is 0 Å². The van der Waals surface area contributed by atoms with Crippen LogP contribution in [0.1, 0.15) is 0 Å². The number of para-hydroxylation sites is 2. The zero-order valence-electron chi connectivity index (χ0n) is 30.2. The van der Waals surface area contributed by atoms with Crippen LogP contribution >= 0.6 is 11.3 Å². The number of rotatable bonds is 6. The summed E-state index contributed by atoms with van der Waals surface area (Å²) in [4.78, 5) is 15.5. The van der Waals surface area contributed by atoms with E-state index in [2.05, 4.69) is 180 Å². The van der Waals surface area contributed by atoms with Crippen molar-refractivity contribution in [2.75, 3.05) is 0 Å². The van der Waals surface area contributed by atoms with Crippen molar-refractivity contribution < 1.29 is 0 Å². The molecule has 56 heavy (non-hydrogen) atoms. The van der Waals surface area contributed by atoms with Gasteiger partial charge in [0, 0.05) is 53.2 Å². The van der Waals surface area contributed by atoms with Crippen molar-refractivity contribution in [1.82, 2.24) is 19.5 Å². The molecule has 11 rings (SSSR count). The third kappa shape index (κ3) is 5.48. The SMILES string of the molecule is c1ccc(-c2nc(-c3cccc(-c4ccc5c(c4)sc4ccccc45)c3)nc(-c3ccc(-c4ccccc4)c(-n4c5ccccc5c5ccccc54)c3)n2)cc1. The predicted molar refractivity (Wildman–Crippen MR) is 234 cm³/mol. The third-order valence-corrected chi connectivity index (χ3v) is 11.8. The van der Waals surface area contributed by atoms with E-state index in [0.29, 0.717) is 17.5 Å². The molecule has 0 amide bonds. The van der Waals surface area contributed by atoms with Crippen LogP contribution in [0.4, 0.5) is 0 Å². The van der Waals surface area contributed by atoms with Gasteiger partial charge in [0.05, 0.1) is 16.7 Å². The Labute approximate surface area is 327 Å². The highest BCUT2D eigenvalue weighted by molar-refractivity contribution is 7.25. The summed E-state index contributed by atoms with van der Waals surface area (Å²) < 4.78 is 4.96. The Bertz CT molecular complexity index is 3200. The minimum absolute atomic E-state index is 0.618. The van der Waals surface area contributed by atoms with Crippen LogP contribution in [0.15, 0.2) is 194 Å². The van der Waals surface area contributed by atoms with Crippen LogP contribution in [-0.4, -0.2) is 19.5 Å². The Morgan fingerprint density at radius 2 is 0.821 bits per heavy atom. The number of benzene rings is 8. The molecular weight excluding hydrogens is 701 g/mol. The summed E-state index contributed by atoms with van der Waals surface area (Å²) >= 11 is 1.84. The molecule has 0 N–H and O–H groups in total. The first-order valence-corrected chi connectivity index (χ1v) is 19.6. The Balaban J connectivity index is 1.10. The number of hydrogen-bond acceptors (Lipinski definition) is 4. The summed E-state index contributed by atoms with van der Waals surface area (Å²) in [6.45, 7) is 0. The summed E-state index contributed by atoms with van der Waals surface area (Å²) in [5, 5.41) is 5.02. The molecule has 0 fully saturated rings. The smallest absolute Gasteiger partial charge is 0.164 e. The lowest BCUT2D eigenvalue weighted by atomic mass is 10.00. The topological polar surface area (TPSA) is 43.6 Å². The number of aromatic nitrogens is 4. The van der Waals surface area contributed by atoms with Crippen molar-refractivity contribution >= 4 is 53.3 Å². The van der Waals surface area contributed by atoms with Crippen molar-refractivity contribution in [3.05, 3.63) is 194 Å². The van der Waals surface area contributed by atoms with Gasteiger partial charge in [0.25, 0.3) is 0 Å². The molecule has 0 aliphatic heterocycles. The highest BCUT2D eigenvalue weighted by atomic mass is 32.1. The molecule has 0 saturated heterocycles. The summed E-state index contributed by atoms with van der Waals surface area (Å²) in [6.07, 6.45) is 0. The number of nitrogens with zero attached hydrogens (tertiary/aromatic N) is 4. The van der Waals surface area contributed by atoms with Crippen molar-refractivity contribution in [3.63, 3.8) is 0 Å². The van der Waals surface area contributed by atoms with Crippen LogP contribution < -0.4 is 0 Å². The highest BCUT2D eigenvalue weighted by Crippen LogP contribution is 2.39. The van der Waals surface area contributed by atoms with Crippen LogP contribution in [0.2, 0.25) is 0 Å². The molecule has 0 radical (unpaired) electrons. The van der Waals surface area contributed by atoms with Gasteiger partial charge >= 0.3 is 0 Å². The van der Waals surface area contributed by atoms with E-state index < -0.39 is 0 Å². The van der Waals surface area contributed by atoms with E-state index in [9.17, 15) is 0 Å². The quantitative estimate of drug-likeness (QED) is 0.171. The van der Waals surface area contributed by atoms with Gasteiger partial charge in [-0.25, -0.2) is 15.0 Å². The summed E-state index contributed by atoms with van der Waals surface area (Å²) in [7, 11) is 0. The third-order valence-electron chi connectivity index (χ3n) is 10.7. The van der Waals surface area contributed by atoms with Crippen molar-refractivity contribution in [1.29, 1.82) is 0 Å². The molecular formula is C51H32N4S. The van der Waals surface area contributed by atoms with Gasteiger partial charge in [0.2, 0.25) is 0 Å². The van der Waals surface area contributed by atoms with Gasteiger partial charge < -0.3 is 4.57 Å². The van der Waals surface area contributed by atoms with Gasteiger partial charge in [-0.15, -0.1) is 11.3 Å². The van der Waals surface area contributed by atoms with Crippen LogP contribution in [0.25, 0.3) is 104 Å².